The first-order valence-electron chi connectivity index (χ1n) is 9.73. The highest BCUT2D eigenvalue weighted by Gasteiger charge is 2.20. The van der Waals surface area contributed by atoms with Crippen LogP contribution in [0.15, 0.2) is 58.5 Å². The third kappa shape index (κ3) is 4.63. The van der Waals surface area contributed by atoms with Gasteiger partial charge in [0.1, 0.15) is 5.75 Å². The number of rotatable bonds is 8. The fraction of sp³-hybridized carbons (Fsp3) is 0.333. The number of para-hydroxylation sites is 1. The molecule has 0 unspecified atom stereocenters. The minimum absolute atomic E-state index is 0.0123. The van der Waals surface area contributed by atoms with Crippen LogP contribution >= 0.6 is 11.8 Å². The Morgan fingerprint density at radius 1 is 1.27 bits per heavy atom. The number of aromatic nitrogens is 2. The van der Waals surface area contributed by atoms with Crippen LogP contribution in [0.1, 0.15) is 12.8 Å². The Labute approximate surface area is 177 Å². The summed E-state index contributed by atoms with van der Waals surface area (Å²) in [7, 11) is 0. The molecule has 1 aromatic heterocycles. The molecule has 0 saturated carbocycles. The van der Waals surface area contributed by atoms with E-state index in [4.69, 9.17) is 9.47 Å². The molecule has 1 aliphatic rings. The molecule has 1 fully saturated rings. The topological polar surface area (TPSA) is 96.5 Å². The minimum Gasteiger partial charge on any atom is -0.492 e. The molecule has 0 spiro atoms. The molecule has 1 saturated heterocycles. The van der Waals surface area contributed by atoms with E-state index in [9.17, 15) is 14.9 Å². The number of nitro benzene ring substituents is 1. The molecule has 0 N–H and O–H groups in total. The molecule has 2 aromatic carbocycles. The standard InChI is InChI=1S/C21H21N3O5S/c25-20-18-8-1-2-9-19(18)22-21(23(20)14-17-7-4-10-28-17)30-12-11-29-16-6-3-5-15(13-16)24(26)27/h1-3,5-6,8-9,13,17H,4,7,10-12,14H2/t17-/m0/s1. The first kappa shape index (κ1) is 20.4. The van der Waals surface area contributed by atoms with Gasteiger partial charge in [0, 0.05) is 18.4 Å². The highest BCUT2D eigenvalue weighted by Crippen LogP contribution is 2.22. The smallest absolute Gasteiger partial charge is 0.273 e. The molecule has 0 bridgehead atoms. The summed E-state index contributed by atoms with van der Waals surface area (Å²) < 4.78 is 13.1. The van der Waals surface area contributed by atoms with Crippen LogP contribution in [0.2, 0.25) is 0 Å². The van der Waals surface area contributed by atoms with Crippen LogP contribution in [0.25, 0.3) is 10.9 Å². The van der Waals surface area contributed by atoms with E-state index in [0.717, 1.165) is 19.4 Å². The number of benzene rings is 2. The van der Waals surface area contributed by atoms with E-state index in [1.807, 2.05) is 18.2 Å². The van der Waals surface area contributed by atoms with Gasteiger partial charge in [0.25, 0.3) is 11.2 Å². The Balaban J connectivity index is 1.49. The first-order valence-corrected chi connectivity index (χ1v) is 10.7. The van der Waals surface area contributed by atoms with E-state index in [-0.39, 0.29) is 17.4 Å². The van der Waals surface area contributed by atoms with Gasteiger partial charge in [-0.2, -0.15) is 0 Å². The van der Waals surface area contributed by atoms with E-state index in [0.29, 0.717) is 40.7 Å². The van der Waals surface area contributed by atoms with Crippen molar-refractivity contribution in [3.63, 3.8) is 0 Å². The third-order valence-electron chi connectivity index (χ3n) is 4.85. The lowest BCUT2D eigenvalue weighted by Crippen LogP contribution is -2.29. The van der Waals surface area contributed by atoms with Crippen molar-refractivity contribution in [1.82, 2.24) is 9.55 Å². The van der Waals surface area contributed by atoms with Crippen molar-refractivity contribution in [2.45, 2.75) is 30.6 Å². The van der Waals surface area contributed by atoms with Crippen LogP contribution in [-0.4, -0.2) is 39.5 Å². The molecular formula is C21H21N3O5S. The summed E-state index contributed by atoms with van der Waals surface area (Å²) in [5.74, 6) is 0.979. The lowest BCUT2D eigenvalue weighted by atomic mass is 10.2. The molecule has 1 atom stereocenters. The molecule has 8 nitrogen and oxygen atoms in total. The van der Waals surface area contributed by atoms with Gasteiger partial charge in [-0.05, 0) is 31.0 Å². The molecule has 156 valence electrons. The number of hydrogen-bond donors (Lipinski definition) is 0. The summed E-state index contributed by atoms with van der Waals surface area (Å²) in [4.78, 5) is 28.2. The fourth-order valence-corrected chi connectivity index (χ4v) is 4.22. The van der Waals surface area contributed by atoms with E-state index < -0.39 is 4.92 Å². The van der Waals surface area contributed by atoms with Crippen LogP contribution in [0.4, 0.5) is 5.69 Å². The van der Waals surface area contributed by atoms with Crippen LogP contribution in [0.3, 0.4) is 0 Å². The molecule has 1 aliphatic heterocycles. The van der Waals surface area contributed by atoms with Gasteiger partial charge < -0.3 is 9.47 Å². The summed E-state index contributed by atoms with van der Waals surface area (Å²) in [6, 6.07) is 13.4. The first-order chi connectivity index (χ1) is 14.6. The Morgan fingerprint density at radius 2 is 2.13 bits per heavy atom. The number of ether oxygens (including phenoxy) is 2. The zero-order valence-corrected chi connectivity index (χ0v) is 17.0. The average molecular weight is 427 g/mol. The van der Waals surface area contributed by atoms with Gasteiger partial charge in [0.05, 0.1) is 41.1 Å². The summed E-state index contributed by atoms with van der Waals surface area (Å²) in [5.41, 5.74) is 0.577. The monoisotopic (exact) mass is 427 g/mol. The summed E-state index contributed by atoms with van der Waals surface area (Å²) >= 11 is 1.43. The number of nitrogens with zero attached hydrogens (tertiary/aromatic N) is 3. The number of fused-ring (bicyclic) bond motifs is 1. The number of nitro groups is 1. The molecule has 3 aromatic rings. The van der Waals surface area contributed by atoms with Crippen molar-refractivity contribution >= 4 is 28.4 Å². The average Bonchev–Trinajstić information content (AvgIpc) is 3.27. The molecule has 0 amide bonds. The number of hydrogen-bond acceptors (Lipinski definition) is 7. The van der Waals surface area contributed by atoms with Crippen molar-refractivity contribution in [2.75, 3.05) is 19.0 Å². The van der Waals surface area contributed by atoms with E-state index in [2.05, 4.69) is 4.98 Å². The third-order valence-corrected chi connectivity index (χ3v) is 5.79. The molecule has 4 rings (SSSR count). The molecule has 0 aliphatic carbocycles. The zero-order valence-electron chi connectivity index (χ0n) is 16.2. The van der Waals surface area contributed by atoms with Crippen LogP contribution in [0.5, 0.6) is 5.75 Å². The predicted molar refractivity (Wildman–Crippen MR) is 114 cm³/mol. The maximum atomic E-state index is 13.1. The maximum absolute atomic E-state index is 13.1. The molecule has 9 heteroatoms. The normalized spacial score (nSPS) is 16.1. The van der Waals surface area contributed by atoms with E-state index >= 15 is 0 Å². The number of thioether (sulfide) groups is 1. The highest BCUT2D eigenvalue weighted by atomic mass is 32.2. The Kier molecular flexibility index (Phi) is 6.29. The van der Waals surface area contributed by atoms with Crippen molar-refractivity contribution < 1.29 is 14.4 Å². The van der Waals surface area contributed by atoms with Gasteiger partial charge >= 0.3 is 0 Å². The predicted octanol–water partition coefficient (Wildman–Crippen LogP) is 3.65. The maximum Gasteiger partial charge on any atom is 0.273 e. The summed E-state index contributed by atoms with van der Waals surface area (Å²) in [5, 5.41) is 12.1. The molecule has 0 radical (unpaired) electrons. The van der Waals surface area contributed by atoms with Gasteiger partial charge in [0.15, 0.2) is 5.16 Å². The highest BCUT2D eigenvalue weighted by molar-refractivity contribution is 7.99. The summed E-state index contributed by atoms with van der Waals surface area (Å²) in [6.45, 7) is 1.53. The molecule has 2 heterocycles. The lowest BCUT2D eigenvalue weighted by molar-refractivity contribution is -0.384. The second kappa shape index (κ2) is 9.27. The van der Waals surface area contributed by atoms with Gasteiger partial charge in [0.2, 0.25) is 0 Å². The van der Waals surface area contributed by atoms with E-state index in [1.54, 1.807) is 22.8 Å². The Hall–Kier alpha value is -2.91. The molecule has 30 heavy (non-hydrogen) atoms. The SMILES string of the molecule is O=c1c2ccccc2nc(SCCOc2cccc([N+](=O)[O-])c2)n1C[C@@H]1CCCO1. The molecular weight excluding hydrogens is 406 g/mol. The van der Waals surface area contributed by atoms with Crippen molar-refractivity contribution in [2.24, 2.45) is 0 Å². The van der Waals surface area contributed by atoms with Crippen molar-refractivity contribution in [3.05, 3.63) is 69.0 Å². The van der Waals surface area contributed by atoms with Crippen LogP contribution in [-0.2, 0) is 11.3 Å². The second-order valence-electron chi connectivity index (χ2n) is 6.91. The number of non-ortho nitro benzene ring substituents is 1. The zero-order chi connectivity index (χ0) is 20.9. The van der Waals surface area contributed by atoms with Crippen molar-refractivity contribution in [1.29, 1.82) is 0 Å². The van der Waals surface area contributed by atoms with Crippen LogP contribution < -0.4 is 10.3 Å². The van der Waals surface area contributed by atoms with E-state index in [1.165, 1.54) is 23.9 Å². The second-order valence-corrected chi connectivity index (χ2v) is 7.98. The van der Waals surface area contributed by atoms with Crippen LogP contribution in [0, 0.1) is 10.1 Å². The van der Waals surface area contributed by atoms with Crippen molar-refractivity contribution in [3.8, 4) is 5.75 Å². The fourth-order valence-electron chi connectivity index (χ4n) is 3.39. The Morgan fingerprint density at radius 3 is 2.93 bits per heavy atom. The van der Waals surface area contributed by atoms with Gasteiger partial charge in [-0.15, -0.1) is 0 Å². The van der Waals surface area contributed by atoms with Gasteiger partial charge in [-0.3, -0.25) is 19.5 Å². The Bertz CT molecular complexity index is 1110. The largest absolute Gasteiger partial charge is 0.492 e. The van der Waals surface area contributed by atoms with Gasteiger partial charge in [-0.1, -0.05) is 30.0 Å². The van der Waals surface area contributed by atoms with Gasteiger partial charge in [-0.25, -0.2) is 4.98 Å². The lowest BCUT2D eigenvalue weighted by Gasteiger charge is -2.16. The minimum atomic E-state index is -0.454. The summed E-state index contributed by atoms with van der Waals surface area (Å²) in [6.07, 6.45) is 1.95. The quantitative estimate of drug-likeness (QED) is 0.178.